The Kier molecular flexibility index (Phi) is 5.31. The first-order chi connectivity index (χ1) is 11.3. The molecule has 3 atom stereocenters. The normalized spacial score (nSPS) is 25.4. The second kappa shape index (κ2) is 6.68. The largest absolute Gasteiger partial charge is 0.350 e. The van der Waals surface area contributed by atoms with Gasteiger partial charge in [-0.15, -0.1) is 0 Å². The zero-order chi connectivity index (χ0) is 19.2. The van der Waals surface area contributed by atoms with Crippen LogP contribution in [-0.4, -0.2) is 25.4 Å². The summed E-state index contributed by atoms with van der Waals surface area (Å²) in [7, 11) is -4.33. The molecular formula is C16H25N2O6P. The van der Waals surface area contributed by atoms with Gasteiger partial charge in [-0.2, -0.15) is 0 Å². The molecule has 0 spiro atoms. The van der Waals surface area contributed by atoms with Gasteiger partial charge in [0.15, 0.2) is 0 Å². The third-order valence-electron chi connectivity index (χ3n) is 4.51. The Balaban J connectivity index is 2.45. The van der Waals surface area contributed by atoms with Crippen molar-refractivity contribution >= 4 is 7.60 Å². The predicted octanol–water partition coefficient (Wildman–Crippen LogP) is 1.88. The molecule has 1 aliphatic rings. The smallest absolute Gasteiger partial charge is 0.349 e. The number of hydrogen-bond acceptors (Lipinski definition) is 4. The number of nitrogens with zero attached hydrogens (tertiary/aromatic N) is 1. The van der Waals surface area contributed by atoms with Gasteiger partial charge in [0.1, 0.15) is 6.23 Å². The van der Waals surface area contributed by atoms with Gasteiger partial charge in [-0.05, 0) is 37.2 Å². The quantitative estimate of drug-likeness (QED) is 0.697. The summed E-state index contributed by atoms with van der Waals surface area (Å²) in [5.41, 5.74) is -0.387. The monoisotopic (exact) mass is 372 g/mol. The van der Waals surface area contributed by atoms with Crippen molar-refractivity contribution in [3.05, 3.63) is 44.0 Å². The van der Waals surface area contributed by atoms with Crippen LogP contribution in [0.1, 0.15) is 45.9 Å². The SMILES string of the molecule is C/C(=C\P(=O)(O)O)C1O[C@@H](n2cc(C)c(=O)[nH]c2=O)C[C@H]1C(C)(C)C. The molecule has 8 nitrogen and oxygen atoms in total. The standard InChI is InChI=1S/C16H25N2O6P/c1-9-7-18(15(20)17-14(9)19)12-6-11(16(3,4)5)13(24-12)10(2)8-25(21,22)23/h7-8,11-13H,6H2,1-5H3,(H,17,19,20)(H2,21,22,23)/b10-8+/t11-,12-,13?/m1/s1. The number of rotatable bonds is 3. The summed E-state index contributed by atoms with van der Waals surface area (Å²) < 4.78 is 18.6. The number of H-pyrrole nitrogens is 1. The van der Waals surface area contributed by atoms with Gasteiger partial charge in [0.2, 0.25) is 0 Å². The molecular weight excluding hydrogens is 347 g/mol. The summed E-state index contributed by atoms with van der Waals surface area (Å²) in [5, 5.41) is 0. The molecule has 1 aromatic rings. The molecule has 0 aliphatic carbocycles. The minimum Gasteiger partial charge on any atom is -0.350 e. The van der Waals surface area contributed by atoms with Gasteiger partial charge < -0.3 is 14.5 Å². The lowest BCUT2D eigenvalue weighted by molar-refractivity contribution is 0.00288. The van der Waals surface area contributed by atoms with E-state index in [4.69, 9.17) is 4.74 Å². The molecule has 0 radical (unpaired) electrons. The Hall–Kier alpha value is -1.47. The fourth-order valence-corrected chi connectivity index (χ4v) is 3.89. The Morgan fingerprint density at radius 1 is 1.40 bits per heavy atom. The number of ether oxygens (including phenoxy) is 1. The summed E-state index contributed by atoms with van der Waals surface area (Å²) in [6.07, 6.45) is 0.802. The van der Waals surface area contributed by atoms with Crippen LogP contribution in [0.4, 0.5) is 0 Å². The second-order valence-electron chi connectivity index (χ2n) is 7.66. The third-order valence-corrected chi connectivity index (χ3v) is 5.26. The summed E-state index contributed by atoms with van der Waals surface area (Å²) >= 11 is 0. The molecule has 0 amide bonds. The highest BCUT2D eigenvalue weighted by Crippen LogP contribution is 2.48. The van der Waals surface area contributed by atoms with E-state index in [1.54, 1.807) is 13.8 Å². The Morgan fingerprint density at radius 2 is 2.00 bits per heavy atom. The van der Waals surface area contributed by atoms with Crippen molar-refractivity contribution in [3.8, 4) is 0 Å². The lowest BCUT2D eigenvalue weighted by atomic mass is 9.75. The van der Waals surface area contributed by atoms with E-state index in [0.717, 1.165) is 5.82 Å². The second-order valence-corrected chi connectivity index (χ2v) is 9.10. The van der Waals surface area contributed by atoms with Crippen molar-refractivity contribution < 1.29 is 19.1 Å². The zero-order valence-electron chi connectivity index (χ0n) is 15.0. The van der Waals surface area contributed by atoms with E-state index in [0.29, 0.717) is 17.6 Å². The lowest BCUT2D eigenvalue weighted by Gasteiger charge is -2.31. The van der Waals surface area contributed by atoms with Crippen LogP contribution in [0.5, 0.6) is 0 Å². The molecule has 9 heteroatoms. The van der Waals surface area contributed by atoms with E-state index in [-0.39, 0.29) is 11.3 Å². The average molecular weight is 372 g/mol. The Bertz CT molecular complexity index is 841. The van der Waals surface area contributed by atoms with Crippen LogP contribution in [0.3, 0.4) is 0 Å². The minimum atomic E-state index is -4.33. The highest BCUT2D eigenvalue weighted by Gasteiger charge is 2.43. The fraction of sp³-hybridized carbons (Fsp3) is 0.625. The molecule has 1 unspecified atom stereocenters. The molecule has 0 bridgehead atoms. The van der Waals surface area contributed by atoms with Crippen LogP contribution in [0.15, 0.2) is 27.2 Å². The molecule has 0 saturated carbocycles. The van der Waals surface area contributed by atoms with Crippen molar-refractivity contribution in [3.63, 3.8) is 0 Å². The van der Waals surface area contributed by atoms with E-state index >= 15 is 0 Å². The van der Waals surface area contributed by atoms with E-state index in [1.807, 2.05) is 20.8 Å². The van der Waals surface area contributed by atoms with E-state index in [1.165, 1.54) is 10.8 Å². The summed E-state index contributed by atoms with van der Waals surface area (Å²) in [4.78, 5) is 44.4. The molecule has 1 saturated heterocycles. The molecule has 1 aromatic heterocycles. The number of aromatic nitrogens is 2. The average Bonchev–Trinajstić information content (AvgIpc) is 2.86. The van der Waals surface area contributed by atoms with Crippen LogP contribution in [0.25, 0.3) is 0 Å². The van der Waals surface area contributed by atoms with Crippen molar-refractivity contribution in [2.45, 2.75) is 53.4 Å². The summed E-state index contributed by atoms with van der Waals surface area (Å²) in [6.45, 7) is 9.26. The number of aryl methyl sites for hydroxylation is 1. The van der Waals surface area contributed by atoms with Crippen LogP contribution in [0, 0.1) is 18.3 Å². The van der Waals surface area contributed by atoms with Crippen LogP contribution in [-0.2, 0) is 9.30 Å². The maximum absolute atomic E-state index is 12.1. The van der Waals surface area contributed by atoms with Gasteiger partial charge in [0.05, 0.1) is 6.10 Å². The maximum Gasteiger partial charge on any atom is 0.349 e. The van der Waals surface area contributed by atoms with Crippen LogP contribution < -0.4 is 11.2 Å². The molecule has 2 rings (SSSR count). The van der Waals surface area contributed by atoms with Crippen molar-refractivity contribution in [1.82, 2.24) is 9.55 Å². The molecule has 0 aromatic carbocycles. The molecule has 25 heavy (non-hydrogen) atoms. The molecule has 1 fully saturated rings. The van der Waals surface area contributed by atoms with Crippen molar-refractivity contribution in [2.75, 3.05) is 0 Å². The first kappa shape index (κ1) is 19.8. The first-order valence-electron chi connectivity index (χ1n) is 8.01. The third kappa shape index (κ3) is 4.58. The fourth-order valence-electron chi connectivity index (χ4n) is 3.21. The van der Waals surface area contributed by atoms with Crippen molar-refractivity contribution in [1.29, 1.82) is 0 Å². The molecule has 140 valence electrons. The highest BCUT2D eigenvalue weighted by molar-refractivity contribution is 7.55. The number of nitrogens with one attached hydrogen (secondary N) is 1. The maximum atomic E-state index is 12.1. The topological polar surface area (TPSA) is 122 Å². The van der Waals surface area contributed by atoms with Gasteiger partial charge in [-0.3, -0.25) is 18.9 Å². The first-order valence-corrected chi connectivity index (χ1v) is 9.70. The molecule has 2 heterocycles. The van der Waals surface area contributed by atoms with Gasteiger partial charge in [-0.1, -0.05) is 20.8 Å². The highest BCUT2D eigenvalue weighted by atomic mass is 31.2. The van der Waals surface area contributed by atoms with Gasteiger partial charge in [0.25, 0.3) is 5.56 Å². The summed E-state index contributed by atoms with van der Waals surface area (Å²) in [6, 6.07) is 0. The lowest BCUT2D eigenvalue weighted by Crippen LogP contribution is -2.33. The van der Waals surface area contributed by atoms with E-state index < -0.39 is 31.2 Å². The van der Waals surface area contributed by atoms with E-state index in [2.05, 4.69) is 4.98 Å². The number of hydrogen-bond donors (Lipinski definition) is 3. The predicted molar refractivity (Wildman–Crippen MR) is 93.3 cm³/mol. The van der Waals surface area contributed by atoms with Crippen LogP contribution in [0.2, 0.25) is 0 Å². The Labute approximate surface area is 145 Å². The Morgan fingerprint density at radius 3 is 2.52 bits per heavy atom. The summed E-state index contributed by atoms with van der Waals surface area (Å²) in [5.74, 6) is 0.860. The zero-order valence-corrected chi connectivity index (χ0v) is 15.9. The van der Waals surface area contributed by atoms with E-state index in [9.17, 15) is 23.9 Å². The molecule has 1 aliphatic heterocycles. The van der Waals surface area contributed by atoms with Crippen molar-refractivity contribution in [2.24, 2.45) is 11.3 Å². The molecule has 3 N–H and O–H groups in total. The minimum absolute atomic E-state index is 0.0561. The van der Waals surface area contributed by atoms with Gasteiger partial charge >= 0.3 is 13.3 Å². The van der Waals surface area contributed by atoms with Gasteiger partial charge in [-0.25, -0.2) is 4.79 Å². The number of aromatic amines is 1. The van der Waals surface area contributed by atoms with Crippen LogP contribution >= 0.6 is 7.60 Å². The van der Waals surface area contributed by atoms with Gasteiger partial charge in [0, 0.05) is 17.6 Å².